The number of carbonyl (C=O) groups excluding carboxylic acids is 1. The zero-order valence-corrected chi connectivity index (χ0v) is 10.5. The lowest BCUT2D eigenvalue weighted by Gasteiger charge is -2.07. The number of esters is 1. The Hall–Kier alpha value is -1.88. The number of nitrogens with zero attached hydrogens (tertiary/aromatic N) is 2. The van der Waals surface area contributed by atoms with Crippen LogP contribution < -0.4 is 0 Å². The van der Waals surface area contributed by atoms with Crippen LogP contribution in [0.5, 0.6) is 0 Å². The van der Waals surface area contributed by atoms with Gasteiger partial charge in [0.1, 0.15) is 0 Å². The Kier molecular flexibility index (Phi) is 3.94. The molecule has 0 saturated carbocycles. The van der Waals surface area contributed by atoms with E-state index in [4.69, 9.17) is 9.47 Å². The van der Waals surface area contributed by atoms with Crippen LogP contribution in [0.4, 0.5) is 0 Å². The molecule has 0 radical (unpaired) electrons. The summed E-state index contributed by atoms with van der Waals surface area (Å²) in [7, 11) is 1.63. The summed E-state index contributed by atoms with van der Waals surface area (Å²) in [6.45, 7) is 3.21. The van der Waals surface area contributed by atoms with Crippen LogP contribution in [0, 0.1) is 0 Å². The number of methoxy groups -OCH3 is 1. The second kappa shape index (κ2) is 5.64. The highest BCUT2D eigenvalue weighted by molar-refractivity contribution is 5.91. The third kappa shape index (κ3) is 2.36. The Balaban J connectivity index is 2.46. The summed E-state index contributed by atoms with van der Waals surface area (Å²) in [6.07, 6.45) is 0. The average Bonchev–Trinajstić information content (AvgIpc) is 2.75. The van der Waals surface area contributed by atoms with Crippen molar-refractivity contribution in [2.45, 2.75) is 13.5 Å². The molecule has 1 aromatic carbocycles. The Morgan fingerprint density at radius 3 is 2.89 bits per heavy atom. The highest BCUT2D eigenvalue weighted by Crippen LogP contribution is 2.16. The number of carbonyl (C=O) groups is 1. The van der Waals surface area contributed by atoms with E-state index in [0.717, 1.165) is 11.0 Å². The summed E-state index contributed by atoms with van der Waals surface area (Å²) < 4.78 is 11.9. The molecule has 2 aromatic rings. The zero-order chi connectivity index (χ0) is 13.0. The first-order valence-corrected chi connectivity index (χ1v) is 5.89. The minimum absolute atomic E-state index is 0.329. The number of hydrogen-bond donors (Lipinski definition) is 0. The van der Waals surface area contributed by atoms with Gasteiger partial charge in [0.2, 0.25) is 5.82 Å². The van der Waals surface area contributed by atoms with Crippen molar-refractivity contribution in [3.05, 3.63) is 30.1 Å². The highest BCUT2D eigenvalue weighted by atomic mass is 16.5. The van der Waals surface area contributed by atoms with Crippen LogP contribution >= 0.6 is 0 Å². The second-order valence-electron chi connectivity index (χ2n) is 3.79. The fourth-order valence-corrected chi connectivity index (χ4v) is 1.84. The van der Waals surface area contributed by atoms with Gasteiger partial charge in [0, 0.05) is 13.7 Å². The first kappa shape index (κ1) is 12.6. The molecule has 2 rings (SSSR count). The van der Waals surface area contributed by atoms with E-state index >= 15 is 0 Å². The van der Waals surface area contributed by atoms with Crippen molar-refractivity contribution in [3.8, 4) is 0 Å². The van der Waals surface area contributed by atoms with Crippen molar-refractivity contribution < 1.29 is 14.3 Å². The van der Waals surface area contributed by atoms with E-state index in [2.05, 4.69) is 4.98 Å². The van der Waals surface area contributed by atoms with Crippen molar-refractivity contribution >= 4 is 17.0 Å². The summed E-state index contributed by atoms with van der Waals surface area (Å²) in [5.74, 6) is -0.0695. The molecule has 96 valence electrons. The monoisotopic (exact) mass is 248 g/mol. The minimum atomic E-state index is -0.398. The number of rotatable bonds is 5. The number of fused-ring (bicyclic) bond motifs is 1. The van der Waals surface area contributed by atoms with Gasteiger partial charge in [-0.3, -0.25) is 0 Å². The third-order valence-electron chi connectivity index (χ3n) is 2.63. The Labute approximate surface area is 105 Å². The molecular weight excluding hydrogens is 232 g/mol. The van der Waals surface area contributed by atoms with Crippen LogP contribution in [0.3, 0.4) is 0 Å². The first-order valence-electron chi connectivity index (χ1n) is 5.89. The Morgan fingerprint density at radius 2 is 2.17 bits per heavy atom. The molecule has 5 heteroatoms. The molecule has 0 atom stereocenters. The fraction of sp³-hybridized carbons (Fsp3) is 0.385. The molecule has 0 aliphatic rings. The van der Waals surface area contributed by atoms with Crippen LogP contribution in [0.25, 0.3) is 11.0 Å². The molecule has 0 unspecified atom stereocenters. The number of benzene rings is 1. The van der Waals surface area contributed by atoms with Crippen LogP contribution in [0.1, 0.15) is 17.5 Å². The quantitative estimate of drug-likeness (QED) is 0.758. The van der Waals surface area contributed by atoms with E-state index in [0.29, 0.717) is 25.6 Å². The first-order chi connectivity index (χ1) is 8.77. The molecular formula is C13H16N2O3. The van der Waals surface area contributed by atoms with Crippen LogP contribution in [0.15, 0.2) is 24.3 Å². The SMILES string of the molecule is CCOC(=O)c1nc2ccccc2n1CCOC. The molecule has 1 heterocycles. The van der Waals surface area contributed by atoms with Crippen molar-refractivity contribution in [1.82, 2.24) is 9.55 Å². The van der Waals surface area contributed by atoms with E-state index in [-0.39, 0.29) is 0 Å². The molecule has 0 N–H and O–H groups in total. The lowest BCUT2D eigenvalue weighted by Crippen LogP contribution is -2.15. The predicted molar refractivity (Wildman–Crippen MR) is 67.6 cm³/mol. The van der Waals surface area contributed by atoms with Crippen molar-refractivity contribution in [2.24, 2.45) is 0 Å². The predicted octanol–water partition coefficient (Wildman–Crippen LogP) is 1.86. The van der Waals surface area contributed by atoms with Crippen LogP contribution in [-0.2, 0) is 16.0 Å². The number of para-hydroxylation sites is 2. The maximum Gasteiger partial charge on any atom is 0.374 e. The minimum Gasteiger partial charge on any atom is -0.460 e. The molecule has 0 spiro atoms. The second-order valence-corrected chi connectivity index (χ2v) is 3.79. The third-order valence-corrected chi connectivity index (χ3v) is 2.63. The average molecular weight is 248 g/mol. The van der Waals surface area contributed by atoms with Gasteiger partial charge >= 0.3 is 5.97 Å². The molecule has 5 nitrogen and oxygen atoms in total. The van der Waals surface area contributed by atoms with Gasteiger partial charge in [-0.1, -0.05) is 12.1 Å². The van der Waals surface area contributed by atoms with E-state index in [1.807, 2.05) is 28.8 Å². The van der Waals surface area contributed by atoms with Crippen molar-refractivity contribution in [1.29, 1.82) is 0 Å². The summed E-state index contributed by atoms with van der Waals surface area (Å²) in [5.41, 5.74) is 1.70. The van der Waals surface area contributed by atoms with Gasteiger partial charge in [0.05, 0.1) is 24.2 Å². The lowest BCUT2D eigenvalue weighted by molar-refractivity contribution is 0.0505. The standard InChI is InChI=1S/C13H16N2O3/c1-3-18-13(16)12-14-10-6-4-5-7-11(10)15(12)8-9-17-2/h4-7H,3,8-9H2,1-2H3. The number of imidazole rings is 1. The lowest BCUT2D eigenvalue weighted by atomic mass is 10.3. The van der Waals surface area contributed by atoms with Gasteiger partial charge in [0.25, 0.3) is 0 Å². The van der Waals surface area contributed by atoms with Gasteiger partial charge in [-0.25, -0.2) is 9.78 Å². The molecule has 0 saturated heterocycles. The van der Waals surface area contributed by atoms with E-state index in [9.17, 15) is 4.79 Å². The molecule has 1 aromatic heterocycles. The molecule has 0 aliphatic carbocycles. The summed E-state index contributed by atoms with van der Waals surface area (Å²) in [4.78, 5) is 16.2. The normalized spacial score (nSPS) is 10.8. The highest BCUT2D eigenvalue weighted by Gasteiger charge is 2.17. The number of ether oxygens (including phenoxy) is 2. The number of hydrogen-bond acceptors (Lipinski definition) is 4. The molecule has 0 fully saturated rings. The van der Waals surface area contributed by atoms with Crippen LogP contribution in [0.2, 0.25) is 0 Å². The molecule has 18 heavy (non-hydrogen) atoms. The smallest absolute Gasteiger partial charge is 0.374 e. The molecule has 0 aliphatic heterocycles. The largest absolute Gasteiger partial charge is 0.460 e. The number of aromatic nitrogens is 2. The molecule has 0 bridgehead atoms. The van der Waals surface area contributed by atoms with Crippen molar-refractivity contribution in [2.75, 3.05) is 20.3 Å². The van der Waals surface area contributed by atoms with Crippen molar-refractivity contribution in [3.63, 3.8) is 0 Å². The summed E-state index contributed by atoms with van der Waals surface area (Å²) in [6, 6.07) is 7.62. The zero-order valence-electron chi connectivity index (χ0n) is 10.5. The van der Waals surface area contributed by atoms with Gasteiger partial charge in [-0.15, -0.1) is 0 Å². The fourth-order valence-electron chi connectivity index (χ4n) is 1.84. The van der Waals surface area contributed by atoms with Gasteiger partial charge in [-0.05, 0) is 19.1 Å². The Bertz CT molecular complexity index is 548. The topological polar surface area (TPSA) is 53.3 Å². The maximum atomic E-state index is 11.9. The summed E-state index contributed by atoms with van der Waals surface area (Å²) in [5, 5.41) is 0. The van der Waals surface area contributed by atoms with Gasteiger partial charge in [0.15, 0.2) is 0 Å². The molecule has 0 amide bonds. The van der Waals surface area contributed by atoms with Crippen LogP contribution in [-0.4, -0.2) is 35.8 Å². The van der Waals surface area contributed by atoms with E-state index < -0.39 is 5.97 Å². The van der Waals surface area contributed by atoms with E-state index in [1.165, 1.54) is 0 Å². The van der Waals surface area contributed by atoms with Gasteiger partial charge < -0.3 is 14.0 Å². The maximum absolute atomic E-state index is 11.9. The summed E-state index contributed by atoms with van der Waals surface area (Å²) >= 11 is 0. The van der Waals surface area contributed by atoms with Gasteiger partial charge in [-0.2, -0.15) is 0 Å². The Morgan fingerprint density at radius 1 is 1.39 bits per heavy atom. The van der Waals surface area contributed by atoms with E-state index in [1.54, 1.807) is 14.0 Å².